The standard InChI is InChI=1S/C10H18N2O/c1-4-6-10(8-11,7-5-2)9(13)12-3/h4-7H2,1-3H3,(H,12,13). The van der Waals surface area contributed by atoms with Crippen molar-refractivity contribution in [2.45, 2.75) is 39.5 Å². The van der Waals surface area contributed by atoms with Gasteiger partial charge in [-0.15, -0.1) is 0 Å². The van der Waals surface area contributed by atoms with E-state index in [-0.39, 0.29) is 5.91 Å². The van der Waals surface area contributed by atoms with Crippen LogP contribution in [0.5, 0.6) is 0 Å². The van der Waals surface area contributed by atoms with Crippen molar-refractivity contribution in [1.82, 2.24) is 5.32 Å². The van der Waals surface area contributed by atoms with E-state index in [1.54, 1.807) is 7.05 Å². The van der Waals surface area contributed by atoms with E-state index in [0.717, 1.165) is 12.8 Å². The van der Waals surface area contributed by atoms with Crippen LogP contribution in [0.1, 0.15) is 39.5 Å². The number of hydrogen-bond acceptors (Lipinski definition) is 2. The molecule has 0 saturated heterocycles. The minimum absolute atomic E-state index is 0.140. The highest BCUT2D eigenvalue weighted by atomic mass is 16.2. The summed E-state index contributed by atoms with van der Waals surface area (Å²) >= 11 is 0. The molecule has 13 heavy (non-hydrogen) atoms. The van der Waals surface area contributed by atoms with Crippen molar-refractivity contribution in [2.75, 3.05) is 7.05 Å². The zero-order valence-corrected chi connectivity index (χ0v) is 8.68. The van der Waals surface area contributed by atoms with Gasteiger partial charge in [-0.3, -0.25) is 4.79 Å². The van der Waals surface area contributed by atoms with E-state index in [4.69, 9.17) is 5.26 Å². The molecule has 1 amide bonds. The number of nitrogens with one attached hydrogen (secondary N) is 1. The molecule has 0 aromatic carbocycles. The van der Waals surface area contributed by atoms with Gasteiger partial charge in [-0.2, -0.15) is 5.26 Å². The number of carbonyl (C=O) groups is 1. The number of carbonyl (C=O) groups excluding carboxylic acids is 1. The molecular formula is C10H18N2O. The maximum Gasteiger partial charge on any atom is 0.240 e. The second kappa shape index (κ2) is 5.58. The summed E-state index contributed by atoms with van der Waals surface area (Å²) in [6.45, 7) is 3.98. The van der Waals surface area contributed by atoms with Crippen LogP contribution < -0.4 is 5.32 Å². The Hall–Kier alpha value is -1.04. The van der Waals surface area contributed by atoms with E-state index >= 15 is 0 Å². The van der Waals surface area contributed by atoms with Gasteiger partial charge in [0, 0.05) is 7.05 Å². The second-order valence-corrected chi connectivity index (χ2v) is 3.27. The summed E-state index contributed by atoms with van der Waals surface area (Å²) in [7, 11) is 1.58. The molecule has 0 aliphatic rings. The van der Waals surface area contributed by atoms with E-state index < -0.39 is 5.41 Å². The molecule has 3 heteroatoms. The average molecular weight is 182 g/mol. The molecule has 1 N–H and O–H groups in total. The Labute approximate surface area is 80.1 Å². The zero-order valence-electron chi connectivity index (χ0n) is 8.68. The topological polar surface area (TPSA) is 52.9 Å². The fraction of sp³-hybridized carbons (Fsp3) is 0.800. The Morgan fingerprint density at radius 3 is 2.08 bits per heavy atom. The van der Waals surface area contributed by atoms with E-state index in [1.807, 2.05) is 13.8 Å². The first-order chi connectivity index (χ1) is 6.16. The first-order valence-corrected chi connectivity index (χ1v) is 4.80. The summed E-state index contributed by atoms with van der Waals surface area (Å²) in [5.41, 5.74) is -0.793. The van der Waals surface area contributed by atoms with Gasteiger partial charge in [0.05, 0.1) is 6.07 Å². The lowest BCUT2D eigenvalue weighted by Gasteiger charge is -2.23. The van der Waals surface area contributed by atoms with Gasteiger partial charge in [-0.05, 0) is 12.8 Å². The van der Waals surface area contributed by atoms with E-state index in [9.17, 15) is 4.79 Å². The SMILES string of the molecule is CCCC(C#N)(CCC)C(=O)NC. The smallest absolute Gasteiger partial charge is 0.240 e. The van der Waals surface area contributed by atoms with Crippen LogP contribution in [0.3, 0.4) is 0 Å². The number of nitrogens with zero attached hydrogens (tertiary/aromatic N) is 1. The summed E-state index contributed by atoms with van der Waals surface area (Å²) in [5, 5.41) is 11.6. The Kier molecular flexibility index (Phi) is 5.13. The third-order valence-corrected chi connectivity index (χ3v) is 2.23. The fourth-order valence-corrected chi connectivity index (χ4v) is 1.61. The van der Waals surface area contributed by atoms with Gasteiger partial charge >= 0.3 is 0 Å². The molecule has 74 valence electrons. The molecule has 0 radical (unpaired) electrons. The molecule has 0 bridgehead atoms. The van der Waals surface area contributed by atoms with Gasteiger partial charge in [0.2, 0.25) is 5.91 Å². The third-order valence-electron chi connectivity index (χ3n) is 2.23. The predicted molar refractivity (Wildman–Crippen MR) is 51.9 cm³/mol. The summed E-state index contributed by atoms with van der Waals surface area (Å²) in [5.74, 6) is -0.140. The van der Waals surface area contributed by atoms with Gasteiger partial charge in [-0.1, -0.05) is 26.7 Å². The fourth-order valence-electron chi connectivity index (χ4n) is 1.61. The van der Waals surface area contributed by atoms with E-state index in [0.29, 0.717) is 12.8 Å². The zero-order chi connectivity index (χ0) is 10.3. The summed E-state index contributed by atoms with van der Waals surface area (Å²) in [6, 6.07) is 2.16. The van der Waals surface area contributed by atoms with Gasteiger partial charge in [0.15, 0.2) is 0 Å². The van der Waals surface area contributed by atoms with Crippen LogP contribution in [0.25, 0.3) is 0 Å². The molecule has 0 aliphatic heterocycles. The van der Waals surface area contributed by atoms with Crippen LogP contribution >= 0.6 is 0 Å². The number of amides is 1. The lowest BCUT2D eigenvalue weighted by molar-refractivity contribution is -0.128. The maximum atomic E-state index is 11.5. The number of nitriles is 1. The highest BCUT2D eigenvalue weighted by molar-refractivity contribution is 5.85. The van der Waals surface area contributed by atoms with Gasteiger partial charge < -0.3 is 5.32 Å². The van der Waals surface area contributed by atoms with Crippen molar-refractivity contribution in [3.63, 3.8) is 0 Å². The van der Waals surface area contributed by atoms with Crippen molar-refractivity contribution in [1.29, 1.82) is 5.26 Å². The Morgan fingerprint density at radius 1 is 1.38 bits per heavy atom. The molecule has 0 unspecified atom stereocenters. The van der Waals surface area contributed by atoms with Crippen LogP contribution in [0.2, 0.25) is 0 Å². The van der Waals surface area contributed by atoms with Gasteiger partial charge in [-0.25, -0.2) is 0 Å². The average Bonchev–Trinajstić information content (AvgIpc) is 2.16. The van der Waals surface area contributed by atoms with Gasteiger partial charge in [0.25, 0.3) is 0 Å². The largest absolute Gasteiger partial charge is 0.358 e. The minimum atomic E-state index is -0.793. The molecule has 0 aliphatic carbocycles. The second-order valence-electron chi connectivity index (χ2n) is 3.27. The lowest BCUT2D eigenvalue weighted by atomic mass is 9.80. The minimum Gasteiger partial charge on any atom is -0.358 e. The van der Waals surface area contributed by atoms with E-state index in [1.165, 1.54) is 0 Å². The molecule has 0 saturated carbocycles. The van der Waals surface area contributed by atoms with Crippen molar-refractivity contribution >= 4 is 5.91 Å². The third kappa shape index (κ3) is 2.73. The van der Waals surface area contributed by atoms with Crippen LogP contribution in [-0.2, 0) is 4.79 Å². The van der Waals surface area contributed by atoms with Crippen molar-refractivity contribution < 1.29 is 4.79 Å². The maximum absolute atomic E-state index is 11.5. The molecule has 0 fully saturated rings. The first-order valence-electron chi connectivity index (χ1n) is 4.80. The highest BCUT2D eigenvalue weighted by Gasteiger charge is 2.35. The Bertz CT molecular complexity index is 199. The summed E-state index contributed by atoms with van der Waals surface area (Å²) < 4.78 is 0. The molecule has 0 atom stereocenters. The molecular weight excluding hydrogens is 164 g/mol. The predicted octanol–water partition coefficient (Wildman–Crippen LogP) is 1.84. The van der Waals surface area contributed by atoms with Crippen molar-refractivity contribution in [2.24, 2.45) is 5.41 Å². The molecule has 0 spiro atoms. The van der Waals surface area contributed by atoms with Crippen LogP contribution in [0, 0.1) is 16.7 Å². The summed E-state index contributed by atoms with van der Waals surface area (Å²) in [6.07, 6.45) is 3.02. The van der Waals surface area contributed by atoms with Gasteiger partial charge in [0.1, 0.15) is 5.41 Å². The van der Waals surface area contributed by atoms with E-state index in [2.05, 4.69) is 11.4 Å². The number of rotatable bonds is 5. The Morgan fingerprint density at radius 2 is 1.85 bits per heavy atom. The normalized spacial score (nSPS) is 10.6. The first kappa shape index (κ1) is 12.0. The quantitative estimate of drug-likeness (QED) is 0.705. The highest BCUT2D eigenvalue weighted by Crippen LogP contribution is 2.29. The van der Waals surface area contributed by atoms with Crippen LogP contribution in [-0.4, -0.2) is 13.0 Å². The summed E-state index contributed by atoms with van der Waals surface area (Å²) in [4.78, 5) is 11.5. The molecule has 0 aromatic rings. The molecule has 0 rings (SSSR count). The van der Waals surface area contributed by atoms with Crippen LogP contribution in [0.4, 0.5) is 0 Å². The van der Waals surface area contributed by atoms with Crippen molar-refractivity contribution in [3.05, 3.63) is 0 Å². The Balaban J connectivity index is 4.66. The molecule has 0 heterocycles. The van der Waals surface area contributed by atoms with Crippen molar-refractivity contribution in [3.8, 4) is 6.07 Å². The van der Waals surface area contributed by atoms with Crippen LogP contribution in [0.15, 0.2) is 0 Å². The lowest BCUT2D eigenvalue weighted by Crippen LogP contribution is -2.38. The monoisotopic (exact) mass is 182 g/mol. The number of hydrogen-bond donors (Lipinski definition) is 1. The molecule has 3 nitrogen and oxygen atoms in total. The molecule has 0 aromatic heterocycles.